The molecule has 0 bridgehead atoms. The van der Waals surface area contributed by atoms with Crippen LogP contribution in [0.5, 0.6) is 0 Å². The number of rotatable bonds is 6. The van der Waals surface area contributed by atoms with Crippen molar-refractivity contribution >= 4 is 17.7 Å². The van der Waals surface area contributed by atoms with Crippen LogP contribution < -0.4 is 10.2 Å². The Labute approximate surface area is 195 Å². The second-order valence-electron chi connectivity index (χ2n) is 9.42. The van der Waals surface area contributed by atoms with E-state index in [4.69, 9.17) is 16.0 Å². The van der Waals surface area contributed by atoms with Gasteiger partial charge in [-0.25, -0.2) is 15.8 Å². The van der Waals surface area contributed by atoms with Gasteiger partial charge in [-0.05, 0) is 37.1 Å². The summed E-state index contributed by atoms with van der Waals surface area (Å²) in [5.41, 5.74) is 1.45. The number of aromatic nitrogens is 1. The smallest absolute Gasteiger partial charge is 0.414 e. The number of benzene rings is 1. The Kier molecular flexibility index (Phi) is 4.81. The fourth-order valence-electron chi connectivity index (χ4n) is 5.17. The molecular weight excluding hydrogens is 439 g/mol. The Bertz CT molecular complexity index is 1200. The largest absolute Gasteiger partial charge is 0.442 e. The average molecular weight is 462 g/mol. The summed E-state index contributed by atoms with van der Waals surface area (Å²) >= 11 is 0. The van der Waals surface area contributed by atoms with Crippen LogP contribution in [-0.4, -0.2) is 49.4 Å². The molecule has 0 radical (unpaired) electrons. The molecule has 4 fully saturated rings. The molecular formula is C25H23FN4O4. The van der Waals surface area contributed by atoms with E-state index in [-0.39, 0.29) is 36.8 Å². The maximum Gasteiger partial charge on any atom is 0.414 e. The van der Waals surface area contributed by atoms with E-state index in [0.29, 0.717) is 35.7 Å². The lowest BCUT2D eigenvalue weighted by molar-refractivity contribution is -0.122. The number of halogens is 1. The topological polar surface area (TPSA) is 85.1 Å². The number of cyclic esters (lactones) is 1. The molecule has 4 aliphatic rings. The summed E-state index contributed by atoms with van der Waals surface area (Å²) in [6.07, 6.45) is 2.37. The van der Waals surface area contributed by atoms with E-state index in [1.807, 2.05) is 0 Å². The van der Waals surface area contributed by atoms with Crippen LogP contribution in [-0.2, 0) is 19.8 Å². The highest BCUT2D eigenvalue weighted by Gasteiger charge is 2.77. The van der Waals surface area contributed by atoms with Crippen LogP contribution >= 0.6 is 0 Å². The summed E-state index contributed by atoms with van der Waals surface area (Å²) in [4.78, 5) is 33.9. The minimum Gasteiger partial charge on any atom is -0.442 e. The zero-order chi connectivity index (χ0) is 23.4. The fraction of sp³-hybridized carbons (Fsp3) is 0.440. The number of anilines is 1. The number of carbonyl (C=O) groups is 2. The van der Waals surface area contributed by atoms with E-state index < -0.39 is 23.6 Å². The van der Waals surface area contributed by atoms with Crippen molar-refractivity contribution in [3.8, 4) is 11.1 Å². The first-order valence-corrected chi connectivity index (χ1v) is 11.5. The molecule has 2 aromatic rings. The van der Waals surface area contributed by atoms with E-state index >= 15 is 4.39 Å². The monoisotopic (exact) mass is 462 g/mol. The number of ether oxygens (including phenoxy) is 2. The predicted molar refractivity (Wildman–Crippen MR) is 119 cm³/mol. The normalized spacial score (nSPS) is 29.4. The molecule has 9 heteroatoms. The van der Waals surface area contributed by atoms with Crippen molar-refractivity contribution in [2.24, 2.45) is 17.8 Å². The van der Waals surface area contributed by atoms with E-state index in [1.165, 1.54) is 11.0 Å². The Hall–Kier alpha value is -3.51. The number of nitrogens with zero attached hydrogens (tertiary/aromatic N) is 3. The zero-order valence-corrected chi connectivity index (χ0v) is 18.4. The number of hydrogen-bond acceptors (Lipinski definition) is 5. The van der Waals surface area contributed by atoms with Crippen LogP contribution in [0.3, 0.4) is 0 Å². The van der Waals surface area contributed by atoms with Crippen molar-refractivity contribution < 1.29 is 23.5 Å². The van der Waals surface area contributed by atoms with Gasteiger partial charge in [0.25, 0.3) is 5.54 Å². The van der Waals surface area contributed by atoms with Gasteiger partial charge in [-0.3, -0.25) is 14.7 Å². The zero-order valence-electron chi connectivity index (χ0n) is 18.4. The third-order valence-corrected chi connectivity index (χ3v) is 7.36. The van der Waals surface area contributed by atoms with Crippen LogP contribution in [0.1, 0.15) is 18.5 Å². The molecule has 8 nitrogen and oxygen atoms in total. The maximum atomic E-state index is 15.0. The lowest BCUT2D eigenvalue weighted by Gasteiger charge is -2.15. The Balaban J connectivity index is 1.15. The average Bonchev–Trinajstić information content (AvgIpc) is 3.70. The molecule has 1 aromatic carbocycles. The minimum atomic E-state index is -0.607. The Morgan fingerprint density at radius 3 is 2.71 bits per heavy atom. The lowest BCUT2D eigenvalue weighted by atomic mass is 10.0. The lowest BCUT2D eigenvalue weighted by Crippen LogP contribution is -2.35. The summed E-state index contributed by atoms with van der Waals surface area (Å²) in [5, 5.41) is 2.81. The first kappa shape index (κ1) is 21.1. The van der Waals surface area contributed by atoms with Crippen LogP contribution in [0.25, 0.3) is 16.0 Å². The van der Waals surface area contributed by atoms with E-state index in [2.05, 4.69) is 15.1 Å². The molecule has 1 aromatic heterocycles. The molecule has 34 heavy (non-hydrogen) atoms. The summed E-state index contributed by atoms with van der Waals surface area (Å²) in [5.74, 6) is -0.0360. The standard InChI is InChI=1S/C25H23FN4O4/c1-27-25(19-12-33-13-20(19)25)22-7-4-15(9-28-22)18-6-5-16(8-21(18)26)30-11-17(34-24(30)32)10-29-23(31)14-2-3-14/h4-9,14,17,19-20H,2-3,10-13H2,(H,29,31)/t17-,19-,20+,25?/m0/s1. The minimum absolute atomic E-state index is 0.00920. The molecule has 2 saturated heterocycles. The number of nitrogens with one attached hydrogen (secondary N) is 1. The SMILES string of the molecule is [C-]#[N+]C1(c2ccc(-c3ccc(N4C[C@H](CNC(=O)C5CC5)OC4=O)cc3F)cn2)[C@@H]2COC[C@@H]21. The number of hydrogen-bond donors (Lipinski definition) is 1. The number of fused-ring (bicyclic) bond motifs is 1. The van der Waals surface area contributed by atoms with Gasteiger partial charge >= 0.3 is 6.09 Å². The van der Waals surface area contributed by atoms with Gasteiger partial charge in [0.05, 0.1) is 43.8 Å². The van der Waals surface area contributed by atoms with Gasteiger partial charge in [-0.15, -0.1) is 0 Å². The van der Waals surface area contributed by atoms with Crippen LogP contribution in [0.15, 0.2) is 36.5 Å². The second-order valence-corrected chi connectivity index (χ2v) is 9.42. The van der Waals surface area contributed by atoms with Gasteiger partial charge in [0.1, 0.15) is 17.6 Å². The summed E-state index contributed by atoms with van der Waals surface area (Å²) in [7, 11) is 0. The Morgan fingerprint density at radius 2 is 2.06 bits per heavy atom. The number of carbonyl (C=O) groups excluding carboxylic acids is 2. The van der Waals surface area contributed by atoms with Crippen molar-refractivity contribution in [1.82, 2.24) is 10.3 Å². The Morgan fingerprint density at radius 1 is 1.26 bits per heavy atom. The molecule has 6 rings (SSSR count). The van der Waals surface area contributed by atoms with Crippen molar-refractivity contribution in [3.63, 3.8) is 0 Å². The third kappa shape index (κ3) is 3.32. The molecule has 0 spiro atoms. The summed E-state index contributed by atoms with van der Waals surface area (Å²) < 4.78 is 25.8. The molecule has 2 saturated carbocycles. The number of amides is 2. The van der Waals surface area contributed by atoms with Crippen molar-refractivity contribution in [1.29, 1.82) is 0 Å². The molecule has 2 aliphatic heterocycles. The predicted octanol–water partition coefficient (Wildman–Crippen LogP) is 3.13. The van der Waals surface area contributed by atoms with Crippen molar-refractivity contribution in [2.75, 3.05) is 31.2 Å². The van der Waals surface area contributed by atoms with Gasteiger partial charge < -0.3 is 19.6 Å². The summed E-state index contributed by atoms with van der Waals surface area (Å²) in [6, 6.07) is 8.17. The maximum absolute atomic E-state index is 15.0. The van der Waals surface area contributed by atoms with Gasteiger partial charge in [0, 0.05) is 23.2 Å². The number of pyridine rings is 1. The molecule has 2 aliphatic carbocycles. The third-order valence-electron chi connectivity index (χ3n) is 7.36. The van der Waals surface area contributed by atoms with Crippen LogP contribution in [0, 0.1) is 30.1 Å². The highest BCUT2D eigenvalue weighted by molar-refractivity contribution is 5.90. The molecule has 1 N–H and O–H groups in total. The van der Waals surface area contributed by atoms with Gasteiger partial charge in [-0.2, -0.15) is 0 Å². The molecule has 4 atom stereocenters. The highest BCUT2D eigenvalue weighted by atomic mass is 19.1. The van der Waals surface area contributed by atoms with Gasteiger partial charge in [0.15, 0.2) is 0 Å². The first-order chi connectivity index (χ1) is 16.5. The molecule has 1 unspecified atom stereocenters. The van der Waals surface area contributed by atoms with Crippen molar-refractivity contribution in [2.45, 2.75) is 24.5 Å². The summed E-state index contributed by atoms with van der Waals surface area (Å²) in [6.45, 7) is 9.32. The van der Waals surface area contributed by atoms with Crippen molar-refractivity contribution in [3.05, 3.63) is 59.5 Å². The molecule has 3 heterocycles. The van der Waals surface area contributed by atoms with Gasteiger partial charge in [0.2, 0.25) is 5.91 Å². The van der Waals surface area contributed by atoms with E-state index in [1.54, 1.807) is 30.5 Å². The molecule has 2 amide bonds. The molecule has 174 valence electrons. The first-order valence-electron chi connectivity index (χ1n) is 11.5. The highest BCUT2D eigenvalue weighted by Crippen LogP contribution is 2.63. The van der Waals surface area contributed by atoms with Gasteiger partial charge in [-0.1, -0.05) is 6.07 Å². The second kappa shape index (κ2) is 7.77. The quantitative estimate of drug-likeness (QED) is 0.667. The van der Waals surface area contributed by atoms with E-state index in [9.17, 15) is 9.59 Å². The van der Waals surface area contributed by atoms with Crippen LogP contribution in [0.2, 0.25) is 0 Å². The fourth-order valence-corrected chi connectivity index (χ4v) is 5.17. The van der Waals surface area contributed by atoms with E-state index in [0.717, 1.165) is 12.8 Å². The van der Waals surface area contributed by atoms with Crippen LogP contribution in [0.4, 0.5) is 14.9 Å².